The molecular weight excluding hydrogens is 344 g/mol. The Morgan fingerprint density at radius 2 is 1.77 bits per heavy atom. The van der Waals surface area contributed by atoms with Gasteiger partial charge in [-0.25, -0.2) is 4.90 Å². The summed E-state index contributed by atoms with van der Waals surface area (Å²) in [5, 5.41) is 3.32. The molecule has 22 heavy (non-hydrogen) atoms. The zero-order chi connectivity index (χ0) is 15.5. The second-order valence-corrected chi connectivity index (χ2v) is 7.13. The lowest BCUT2D eigenvalue weighted by Gasteiger charge is -2.23. The van der Waals surface area contributed by atoms with E-state index in [-0.39, 0.29) is 24.3 Å². The molecule has 2 aliphatic rings. The number of nitrogens with zero attached hydrogens (tertiary/aromatic N) is 1. The number of benzene rings is 1. The van der Waals surface area contributed by atoms with Crippen molar-refractivity contribution in [2.24, 2.45) is 5.92 Å². The minimum Gasteiger partial charge on any atom is -0.305 e. The second kappa shape index (κ2) is 6.92. The first-order chi connectivity index (χ1) is 10.6. The Bertz CT molecular complexity index is 552. The molecule has 3 rings (SSSR count). The highest BCUT2D eigenvalue weighted by molar-refractivity contribution is 9.10. The summed E-state index contributed by atoms with van der Waals surface area (Å²) in [6.07, 6.45) is 6.64. The molecule has 2 amide bonds. The van der Waals surface area contributed by atoms with Gasteiger partial charge in [0.25, 0.3) is 5.91 Å². The van der Waals surface area contributed by atoms with E-state index in [0.29, 0.717) is 11.6 Å². The molecule has 1 aliphatic carbocycles. The zero-order valence-electron chi connectivity index (χ0n) is 12.6. The monoisotopic (exact) mass is 364 g/mol. The Hall–Kier alpha value is -1.20. The van der Waals surface area contributed by atoms with E-state index in [4.69, 9.17) is 0 Å². The van der Waals surface area contributed by atoms with Crippen LogP contribution in [-0.2, 0) is 9.59 Å². The minimum atomic E-state index is -0.363. The van der Waals surface area contributed by atoms with Gasteiger partial charge in [0, 0.05) is 4.47 Å². The van der Waals surface area contributed by atoms with Gasteiger partial charge < -0.3 is 5.32 Å². The molecule has 118 valence electrons. The average Bonchev–Trinajstić information content (AvgIpc) is 2.82. The van der Waals surface area contributed by atoms with Gasteiger partial charge in [-0.3, -0.25) is 9.59 Å². The maximum absolute atomic E-state index is 12.5. The molecule has 0 unspecified atom stereocenters. The molecule has 1 N–H and O–H groups in total. The van der Waals surface area contributed by atoms with Gasteiger partial charge in [0.1, 0.15) is 0 Å². The summed E-state index contributed by atoms with van der Waals surface area (Å²) in [5.74, 6) is 0.412. The number of carbonyl (C=O) groups excluding carboxylic acids is 2. The van der Waals surface area contributed by atoms with Crippen LogP contribution in [0.3, 0.4) is 0 Å². The van der Waals surface area contributed by atoms with Gasteiger partial charge in [-0.2, -0.15) is 0 Å². The van der Waals surface area contributed by atoms with Crippen molar-refractivity contribution in [1.82, 2.24) is 5.32 Å². The van der Waals surface area contributed by atoms with E-state index in [2.05, 4.69) is 21.2 Å². The molecule has 2 fully saturated rings. The highest BCUT2D eigenvalue weighted by Crippen LogP contribution is 2.26. The predicted molar refractivity (Wildman–Crippen MR) is 89.6 cm³/mol. The van der Waals surface area contributed by atoms with E-state index in [1.807, 2.05) is 12.1 Å². The van der Waals surface area contributed by atoms with Gasteiger partial charge in [-0.1, -0.05) is 35.2 Å². The van der Waals surface area contributed by atoms with Crippen molar-refractivity contribution < 1.29 is 9.59 Å². The standard InChI is InChI=1S/C17H21BrN2O2/c18-13-6-8-14(9-7-13)20-16(21)10-15(17(20)22)19-11-12-4-2-1-3-5-12/h6-9,12,15,19H,1-5,10-11H2/t15-/m1/s1. The fourth-order valence-electron chi connectivity index (χ4n) is 3.35. The van der Waals surface area contributed by atoms with E-state index in [0.717, 1.165) is 11.0 Å². The van der Waals surface area contributed by atoms with Crippen molar-refractivity contribution in [3.63, 3.8) is 0 Å². The van der Waals surface area contributed by atoms with Crippen LogP contribution in [0, 0.1) is 5.92 Å². The SMILES string of the molecule is O=C1C[C@@H](NCC2CCCCC2)C(=O)N1c1ccc(Br)cc1. The van der Waals surface area contributed by atoms with Crippen molar-refractivity contribution in [3.8, 4) is 0 Å². The number of anilines is 1. The van der Waals surface area contributed by atoms with Crippen molar-refractivity contribution in [1.29, 1.82) is 0 Å². The van der Waals surface area contributed by atoms with Crippen LogP contribution in [0.5, 0.6) is 0 Å². The molecule has 4 nitrogen and oxygen atoms in total. The largest absolute Gasteiger partial charge is 0.305 e. The van der Waals surface area contributed by atoms with Crippen LogP contribution in [0.2, 0.25) is 0 Å². The third-order valence-electron chi connectivity index (χ3n) is 4.61. The fraction of sp³-hybridized carbons (Fsp3) is 0.529. The van der Waals surface area contributed by atoms with Gasteiger partial charge in [-0.05, 0) is 49.6 Å². The fourth-order valence-corrected chi connectivity index (χ4v) is 3.62. The van der Waals surface area contributed by atoms with Crippen LogP contribution in [0.4, 0.5) is 5.69 Å². The Balaban J connectivity index is 1.62. The lowest BCUT2D eigenvalue weighted by atomic mass is 9.89. The van der Waals surface area contributed by atoms with E-state index in [9.17, 15) is 9.59 Å². The maximum atomic E-state index is 12.5. The van der Waals surface area contributed by atoms with Crippen molar-refractivity contribution >= 4 is 33.4 Å². The molecule has 1 aromatic rings. The Kier molecular flexibility index (Phi) is 4.93. The summed E-state index contributed by atoms with van der Waals surface area (Å²) >= 11 is 3.36. The van der Waals surface area contributed by atoms with Gasteiger partial charge in [-0.15, -0.1) is 0 Å². The number of rotatable bonds is 4. The number of nitrogens with one attached hydrogen (secondary N) is 1. The van der Waals surface area contributed by atoms with Crippen molar-refractivity contribution in [3.05, 3.63) is 28.7 Å². The molecule has 0 radical (unpaired) electrons. The first kappa shape index (κ1) is 15.7. The lowest BCUT2D eigenvalue weighted by molar-refractivity contribution is -0.121. The molecule has 5 heteroatoms. The number of imide groups is 1. The van der Waals surface area contributed by atoms with Crippen LogP contribution in [0.15, 0.2) is 28.7 Å². The van der Waals surface area contributed by atoms with Crippen LogP contribution >= 0.6 is 15.9 Å². The summed E-state index contributed by atoms with van der Waals surface area (Å²) in [6.45, 7) is 0.845. The van der Waals surface area contributed by atoms with Gasteiger partial charge >= 0.3 is 0 Å². The molecule has 1 heterocycles. The summed E-state index contributed by atoms with van der Waals surface area (Å²) in [5.41, 5.74) is 0.653. The van der Waals surface area contributed by atoms with Crippen LogP contribution in [0.25, 0.3) is 0 Å². The number of hydrogen-bond acceptors (Lipinski definition) is 3. The lowest BCUT2D eigenvalue weighted by Crippen LogP contribution is -2.41. The third kappa shape index (κ3) is 3.41. The van der Waals surface area contributed by atoms with E-state index < -0.39 is 0 Å². The summed E-state index contributed by atoms with van der Waals surface area (Å²) < 4.78 is 0.933. The summed E-state index contributed by atoms with van der Waals surface area (Å²) in [4.78, 5) is 26.0. The molecule has 0 bridgehead atoms. The van der Waals surface area contributed by atoms with E-state index in [1.54, 1.807) is 12.1 Å². The van der Waals surface area contributed by atoms with Gasteiger partial charge in [0.05, 0.1) is 18.2 Å². The number of carbonyl (C=O) groups is 2. The normalized spacial score (nSPS) is 23.3. The Morgan fingerprint density at radius 3 is 2.45 bits per heavy atom. The van der Waals surface area contributed by atoms with Gasteiger partial charge in [0.2, 0.25) is 5.91 Å². The Morgan fingerprint density at radius 1 is 1.09 bits per heavy atom. The van der Waals surface area contributed by atoms with Crippen LogP contribution in [0.1, 0.15) is 38.5 Å². The molecule has 1 aromatic carbocycles. The summed E-state index contributed by atoms with van der Waals surface area (Å²) in [6, 6.07) is 6.92. The zero-order valence-corrected chi connectivity index (χ0v) is 14.1. The topological polar surface area (TPSA) is 49.4 Å². The van der Waals surface area contributed by atoms with Crippen molar-refractivity contribution in [2.75, 3.05) is 11.4 Å². The summed E-state index contributed by atoms with van der Waals surface area (Å²) in [7, 11) is 0. The molecule has 1 saturated heterocycles. The smallest absolute Gasteiger partial charge is 0.251 e. The first-order valence-electron chi connectivity index (χ1n) is 8.01. The van der Waals surface area contributed by atoms with Crippen molar-refractivity contribution in [2.45, 2.75) is 44.6 Å². The highest BCUT2D eigenvalue weighted by atomic mass is 79.9. The number of halogens is 1. The molecule has 0 aromatic heterocycles. The quantitative estimate of drug-likeness (QED) is 0.834. The first-order valence-corrected chi connectivity index (χ1v) is 8.80. The predicted octanol–water partition coefficient (Wildman–Crippen LogP) is 3.25. The molecule has 0 spiro atoms. The molecule has 1 aliphatic heterocycles. The third-order valence-corrected chi connectivity index (χ3v) is 5.14. The number of amides is 2. The average molecular weight is 365 g/mol. The molecule has 1 atom stereocenters. The molecule has 1 saturated carbocycles. The highest BCUT2D eigenvalue weighted by Gasteiger charge is 2.39. The number of hydrogen-bond donors (Lipinski definition) is 1. The second-order valence-electron chi connectivity index (χ2n) is 6.21. The van der Waals surface area contributed by atoms with E-state index >= 15 is 0 Å². The van der Waals surface area contributed by atoms with Crippen LogP contribution < -0.4 is 10.2 Å². The van der Waals surface area contributed by atoms with Crippen LogP contribution in [-0.4, -0.2) is 24.4 Å². The van der Waals surface area contributed by atoms with E-state index in [1.165, 1.54) is 37.0 Å². The molecular formula is C17H21BrN2O2. The minimum absolute atomic E-state index is 0.117. The van der Waals surface area contributed by atoms with Gasteiger partial charge in [0.15, 0.2) is 0 Å². The maximum Gasteiger partial charge on any atom is 0.251 e. The Labute approximate surface area is 139 Å².